The van der Waals surface area contributed by atoms with E-state index in [1.165, 1.54) is 0 Å². The zero-order valence-corrected chi connectivity index (χ0v) is 16.9. The van der Waals surface area contributed by atoms with Crippen molar-refractivity contribution in [2.45, 2.75) is 27.2 Å². The van der Waals surface area contributed by atoms with Crippen molar-refractivity contribution in [1.29, 1.82) is 0 Å². The van der Waals surface area contributed by atoms with Crippen molar-refractivity contribution in [3.05, 3.63) is 72.8 Å². The summed E-state index contributed by atoms with van der Waals surface area (Å²) in [6.07, 6.45) is 0.710. The van der Waals surface area contributed by atoms with Crippen molar-refractivity contribution in [2.75, 3.05) is 0 Å². The molecule has 0 spiro atoms. The van der Waals surface area contributed by atoms with Gasteiger partial charge in [0.15, 0.2) is 0 Å². The van der Waals surface area contributed by atoms with E-state index < -0.39 is 5.41 Å². The second-order valence-corrected chi connectivity index (χ2v) is 7.96. The minimum absolute atomic E-state index is 0.229. The van der Waals surface area contributed by atoms with Crippen molar-refractivity contribution >= 4 is 27.5 Å². The molecule has 146 valence electrons. The molecule has 0 atom stereocenters. The van der Waals surface area contributed by atoms with Crippen LogP contribution in [0, 0.1) is 5.41 Å². The predicted octanol–water partition coefficient (Wildman–Crippen LogP) is 6.71. The van der Waals surface area contributed by atoms with Gasteiger partial charge in [0.1, 0.15) is 11.5 Å². The summed E-state index contributed by atoms with van der Waals surface area (Å²) in [6, 6.07) is 23.3. The zero-order chi connectivity index (χ0) is 20.6. The van der Waals surface area contributed by atoms with E-state index in [-0.39, 0.29) is 11.7 Å². The number of esters is 1. The molecule has 4 rings (SSSR count). The Balaban J connectivity index is 1.90. The molecule has 0 fully saturated rings. The second-order valence-electron chi connectivity index (χ2n) is 7.96. The maximum atomic E-state index is 12.6. The average Bonchev–Trinajstić information content (AvgIpc) is 2.75. The van der Waals surface area contributed by atoms with Gasteiger partial charge < -0.3 is 9.84 Å². The number of hydrogen-bond acceptors (Lipinski definition) is 3. The van der Waals surface area contributed by atoms with E-state index in [0.717, 1.165) is 32.7 Å². The number of carbonyl (C=O) groups is 1. The molecule has 0 radical (unpaired) electrons. The number of carbonyl (C=O) groups excluding carboxylic acids is 1. The van der Waals surface area contributed by atoms with Gasteiger partial charge in [0.05, 0.1) is 5.41 Å². The summed E-state index contributed by atoms with van der Waals surface area (Å²) < 4.78 is 5.80. The highest BCUT2D eigenvalue weighted by Crippen LogP contribution is 2.40. The fourth-order valence-electron chi connectivity index (χ4n) is 3.50. The first kappa shape index (κ1) is 19.0. The quantitative estimate of drug-likeness (QED) is 0.314. The molecule has 4 aromatic rings. The Kier molecular flexibility index (Phi) is 4.75. The van der Waals surface area contributed by atoms with Crippen LogP contribution in [-0.4, -0.2) is 11.1 Å². The third kappa shape index (κ3) is 3.33. The number of benzene rings is 4. The van der Waals surface area contributed by atoms with Gasteiger partial charge in [0, 0.05) is 10.8 Å². The molecule has 0 saturated heterocycles. The molecule has 0 heterocycles. The molecule has 4 aromatic carbocycles. The molecule has 0 aliphatic rings. The fraction of sp³-hybridized carbons (Fsp3) is 0.192. The smallest absolute Gasteiger partial charge is 0.316 e. The summed E-state index contributed by atoms with van der Waals surface area (Å²) in [5.41, 5.74) is 1.53. The molecule has 3 heteroatoms. The first-order chi connectivity index (χ1) is 13.9. The highest BCUT2D eigenvalue weighted by molar-refractivity contribution is 6.08. The van der Waals surface area contributed by atoms with Crippen LogP contribution in [0.25, 0.3) is 32.7 Å². The van der Waals surface area contributed by atoms with Crippen molar-refractivity contribution in [3.8, 4) is 22.6 Å². The first-order valence-corrected chi connectivity index (χ1v) is 9.87. The first-order valence-electron chi connectivity index (χ1n) is 9.87. The summed E-state index contributed by atoms with van der Waals surface area (Å²) in [4.78, 5) is 12.6. The van der Waals surface area contributed by atoms with Gasteiger partial charge in [-0.3, -0.25) is 4.79 Å². The predicted molar refractivity (Wildman–Crippen MR) is 118 cm³/mol. The van der Waals surface area contributed by atoms with Gasteiger partial charge in [-0.2, -0.15) is 0 Å². The molecule has 0 saturated carbocycles. The maximum absolute atomic E-state index is 12.6. The van der Waals surface area contributed by atoms with Crippen LogP contribution in [0.5, 0.6) is 11.5 Å². The molecule has 0 aliphatic heterocycles. The normalized spacial score (nSPS) is 11.7. The number of aromatic hydroxyl groups is 1. The van der Waals surface area contributed by atoms with Crippen LogP contribution in [0.1, 0.15) is 27.2 Å². The van der Waals surface area contributed by atoms with E-state index in [2.05, 4.69) is 0 Å². The second kappa shape index (κ2) is 7.25. The van der Waals surface area contributed by atoms with E-state index in [4.69, 9.17) is 4.74 Å². The lowest BCUT2D eigenvalue weighted by Gasteiger charge is -2.21. The van der Waals surface area contributed by atoms with Crippen molar-refractivity contribution in [2.24, 2.45) is 5.41 Å². The van der Waals surface area contributed by atoms with Gasteiger partial charge in [-0.05, 0) is 54.3 Å². The van der Waals surface area contributed by atoms with Crippen LogP contribution in [0.15, 0.2) is 72.8 Å². The van der Waals surface area contributed by atoms with Crippen LogP contribution in [0.4, 0.5) is 0 Å². The molecule has 1 N–H and O–H groups in total. The summed E-state index contributed by atoms with van der Waals surface area (Å²) in [7, 11) is 0. The summed E-state index contributed by atoms with van der Waals surface area (Å²) in [5, 5.41) is 13.9. The Morgan fingerprint density at radius 3 is 1.93 bits per heavy atom. The van der Waals surface area contributed by atoms with E-state index in [0.29, 0.717) is 12.2 Å². The molecular weight excluding hydrogens is 360 g/mol. The third-order valence-corrected chi connectivity index (χ3v) is 5.71. The fourth-order valence-corrected chi connectivity index (χ4v) is 3.50. The molecule has 0 aromatic heterocycles. The standard InChI is InChI=1S/C26H24O3/c1-4-26(2,3)25(28)29-24-16-14-20(18-10-6-8-12-22(18)24)19-13-15-23(27)21-11-7-5-9-17(19)21/h5-16,27H,4H2,1-3H3. The summed E-state index contributed by atoms with van der Waals surface area (Å²) in [6.45, 7) is 5.78. The van der Waals surface area contributed by atoms with Crippen molar-refractivity contribution in [1.82, 2.24) is 0 Å². The Bertz CT molecular complexity index is 1220. The number of phenolic OH excluding ortho intramolecular Hbond substituents is 1. The van der Waals surface area contributed by atoms with Gasteiger partial charge in [-0.1, -0.05) is 67.6 Å². The Morgan fingerprint density at radius 2 is 1.31 bits per heavy atom. The molecule has 0 amide bonds. The number of ether oxygens (including phenoxy) is 1. The highest BCUT2D eigenvalue weighted by atomic mass is 16.5. The Morgan fingerprint density at radius 1 is 0.793 bits per heavy atom. The van der Waals surface area contributed by atoms with Crippen LogP contribution >= 0.6 is 0 Å². The lowest BCUT2D eigenvalue weighted by Crippen LogP contribution is -2.28. The highest BCUT2D eigenvalue weighted by Gasteiger charge is 2.28. The van der Waals surface area contributed by atoms with Crippen molar-refractivity contribution in [3.63, 3.8) is 0 Å². The largest absolute Gasteiger partial charge is 0.507 e. The number of fused-ring (bicyclic) bond motifs is 2. The minimum Gasteiger partial charge on any atom is -0.507 e. The third-order valence-electron chi connectivity index (χ3n) is 5.71. The van der Waals surface area contributed by atoms with Gasteiger partial charge in [0.25, 0.3) is 0 Å². The summed E-state index contributed by atoms with van der Waals surface area (Å²) in [5.74, 6) is 0.605. The summed E-state index contributed by atoms with van der Waals surface area (Å²) >= 11 is 0. The van der Waals surface area contributed by atoms with Crippen molar-refractivity contribution < 1.29 is 14.6 Å². The Labute approximate surface area is 170 Å². The average molecular weight is 384 g/mol. The van der Waals surface area contributed by atoms with Crippen LogP contribution in [0.2, 0.25) is 0 Å². The van der Waals surface area contributed by atoms with E-state index in [1.807, 2.05) is 87.5 Å². The molecule has 0 aliphatic carbocycles. The molecule has 0 unspecified atom stereocenters. The van der Waals surface area contributed by atoms with Gasteiger partial charge in [-0.15, -0.1) is 0 Å². The number of hydrogen-bond donors (Lipinski definition) is 1. The van der Waals surface area contributed by atoms with Gasteiger partial charge in [0.2, 0.25) is 0 Å². The SMILES string of the molecule is CCC(C)(C)C(=O)Oc1ccc(-c2ccc(O)c3ccccc23)c2ccccc12. The Hall–Kier alpha value is -3.33. The van der Waals surface area contributed by atoms with E-state index >= 15 is 0 Å². The molecule has 0 bridgehead atoms. The van der Waals surface area contributed by atoms with Crippen LogP contribution < -0.4 is 4.74 Å². The molecule has 29 heavy (non-hydrogen) atoms. The molecular formula is C26H24O3. The van der Waals surface area contributed by atoms with Crippen LogP contribution in [-0.2, 0) is 4.79 Å². The number of phenols is 1. The van der Waals surface area contributed by atoms with E-state index in [1.54, 1.807) is 6.07 Å². The van der Waals surface area contributed by atoms with Gasteiger partial charge >= 0.3 is 5.97 Å². The minimum atomic E-state index is -0.535. The van der Waals surface area contributed by atoms with Crippen LogP contribution in [0.3, 0.4) is 0 Å². The topological polar surface area (TPSA) is 46.5 Å². The number of rotatable bonds is 4. The zero-order valence-electron chi connectivity index (χ0n) is 16.9. The monoisotopic (exact) mass is 384 g/mol. The molecule has 3 nitrogen and oxygen atoms in total. The lowest BCUT2D eigenvalue weighted by molar-refractivity contribution is -0.144. The maximum Gasteiger partial charge on any atom is 0.316 e. The lowest BCUT2D eigenvalue weighted by atomic mass is 9.90. The van der Waals surface area contributed by atoms with Gasteiger partial charge in [-0.25, -0.2) is 0 Å². The van der Waals surface area contributed by atoms with E-state index in [9.17, 15) is 9.90 Å².